The number of benzene rings is 2. The van der Waals surface area contributed by atoms with Crippen molar-refractivity contribution in [1.82, 2.24) is 0 Å². The summed E-state index contributed by atoms with van der Waals surface area (Å²) in [6, 6.07) is 15.5. The second-order valence-electron chi connectivity index (χ2n) is 4.50. The average molecular weight is 273 g/mol. The Balaban J connectivity index is 1.78. The molecule has 0 bridgehead atoms. The third-order valence-corrected chi connectivity index (χ3v) is 3.14. The molecule has 0 unspecified atom stereocenters. The van der Waals surface area contributed by atoms with Gasteiger partial charge < -0.3 is 9.15 Å². The van der Waals surface area contributed by atoms with Crippen molar-refractivity contribution in [2.75, 3.05) is 0 Å². The third kappa shape index (κ3) is 2.74. The van der Waals surface area contributed by atoms with E-state index in [0.717, 1.165) is 22.5 Å². The van der Waals surface area contributed by atoms with Crippen LogP contribution in [0.4, 0.5) is 0 Å². The van der Waals surface area contributed by atoms with Crippen molar-refractivity contribution in [2.24, 2.45) is 0 Å². The summed E-state index contributed by atoms with van der Waals surface area (Å²) >= 11 is 5.95. The summed E-state index contributed by atoms with van der Waals surface area (Å²) in [7, 11) is 0. The van der Waals surface area contributed by atoms with E-state index in [-0.39, 0.29) is 0 Å². The quantitative estimate of drug-likeness (QED) is 0.671. The van der Waals surface area contributed by atoms with Crippen LogP contribution in [0.1, 0.15) is 11.3 Å². The molecule has 0 aliphatic carbocycles. The summed E-state index contributed by atoms with van der Waals surface area (Å²) in [5, 5.41) is 1.70. The van der Waals surface area contributed by atoms with Gasteiger partial charge in [-0.2, -0.15) is 0 Å². The fourth-order valence-electron chi connectivity index (χ4n) is 2.00. The van der Waals surface area contributed by atoms with Gasteiger partial charge in [0.1, 0.15) is 23.7 Å². The molecular formula is C16H13ClO2. The normalized spacial score (nSPS) is 10.8. The van der Waals surface area contributed by atoms with Gasteiger partial charge in [-0.05, 0) is 48.9 Å². The first-order valence-electron chi connectivity index (χ1n) is 6.08. The van der Waals surface area contributed by atoms with Crippen molar-refractivity contribution in [3.05, 3.63) is 64.9 Å². The zero-order valence-corrected chi connectivity index (χ0v) is 11.3. The molecule has 3 rings (SSSR count). The van der Waals surface area contributed by atoms with E-state index in [1.807, 2.05) is 55.5 Å². The Morgan fingerprint density at radius 1 is 1.11 bits per heavy atom. The second kappa shape index (κ2) is 4.98. The topological polar surface area (TPSA) is 22.4 Å². The number of halogens is 1. The van der Waals surface area contributed by atoms with Crippen molar-refractivity contribution in [2.45, 2.75) is 13.5 Å². The fraction of sp³-hybridized carbons (Fsp3) is 0.125. The van der Waals surface area contributed by atoms with Gasteiger partial charge >= 0.3 is 0 Å². The van der Waals surface area contributed by atoms with Gasteiger partial charge in [-0.1, -0.05) is 23.7 Å². The lowest BCUT2D eigenvalue weighted by Gasteiger charge is -2.04. The maximum atomic E-state index is 5.95. The zero-order valence-electron chi connectivity index (χ0n) is 10.5. The summed E-state index contributed by atoms with van der Waals surface area (Å²) in [6.07, 6.45) is 0. The Labute approximate surface area is 116 Å². The van der Waals surface area contributed by atoms with Gasteiger partial charge in [-0.25, -0.2) is 0 Å². The Bertz CT molecular complexity index is 716. The molecule has 2 aromatic carbocycles. The molecule has 96 valence electrons. The van der Waals surface area contributed by atoms with Crippen molar-refractivity contribution >= 4 is 22.6 Å². The van der Waals surface area contributed by atoms with E-state index in [1.54, 1.807) is 0 Å². The van der Waals surface area contributed by atoms with Crippen LogP contribution >= 0.6 is 11.6 Å². The summed E-state index contributed by atoms with van der Waals surface area (Å²) in [6.45, 7) is 2.45. The SMILES string of the molecule is Cc1cccc(OCc2cc3cc(Cl)ccc3o2)c1. The van der Waals surface area contributed by atoms with Crippen LogP contribution in [0.2, 0.25) is 5.02 Å². The lowest BCUT2D eigenvalue weighted by atomic mass is 10.2. The van der Waals surface area contributed by atoms with Gasteiger partial charge in [0, 0.05) is 10.4 Å². The molecule has 2 nitrogen and oxygen atoms in total. The highest BCUT2D eigenvalue weighted by molar-refractivity contribution is 6.31. The molecule has 0 aliphatic rings. The highest BCUT2D eigenvalue weighted by Crippen LogP contribution is 2.24. The average Bonchev–Trinajstić information content (AvgIpc) is 2.78. The van der Waals surface area contributed by atoms with Crippen molar-refractivity contribution in [3.8, 4) is 5.75 Å². The number of fused-ring (bicyclic) bond motifs is 1. The van der Waals surface area contributed by atoms with Crippen LogP contribution in [0, 0.1) is 6.92 Å². The van der Waals surface area contributed by atoms with Gasteiger partial charge in [-0.15, -0.1) is 0 Å². The van der Waals surface area contributed by atoms with Crippen molar-refractivity contribution in [1.29, 1.82) is 0 Å². The fourth-order valence-corrected chi connectivity index (χ4v) is 2.18. The van der Waals surface area contributed by atoms with Crippen molar-refractivity contribution in [3.63, 3.8) is 0 Å². The van der Waals surface area contributed by atoms with Gasteiger partial charge in [0.15, 0.2) is 0 Å². The highest BCUT2D eigenvalue weighted by atomic mass is 35.5. The molecule has 1 aromatic heterocycles. The van der Waals surface area contributed by atoms with E-state index < -0.39 is 0 Å². The molecule has 0 spiro atoms. The largest absolute Gasteiger partial charge is 0.486 e. The van der Waals surface area contributed by atoms with E-state index in [0.29, 0.717) is 11.6 Å². The first-order chi connectivity index (χ1) is 9.20. The molecule has 0 amide bonds. The number of rotatable bonds is 3. The van der Waals surface area contributed by atoms with Crippen LogP contribution in [0.15, 0.2) is 52.9 Å². The van der Waals surface area contributed by atoms with Crippen LogP contribution < -0.4 is 4.74 Å². The predicted molar refractivity (Wildman–Crippen MR) is 76.7 cm³/mol. The summed E-state index contributed by atoms with van der Waals surface area (Å²) in [5.41, 5.74) is 2.00. The molecule has 0 N–H and O–H groups in total. The predicted octanol–water partition coefficient (Wildman–Crippen LogP) is 4.97. The second-order valence-corrected chi connectivity index (χ2v) is 4.94. The van der Waals surface area contributed by atoms with E-state index in [2.05, 4.69) is 0 Å². The summed E-state index contributed by atoms with van der Waals surface area (Å²) < 4.78 is 11.4. The molecule has 0 saturated heterocycles. The van der Waals surface area contributed by atoms with Crippen LogP contribution in [0.5, 0.6) is 5.75 Å². The minimum Gasteiger partial charge on any atom is -0.486 e. The molecule has 3 aromatic rings. The first-order valence-corrected chi connectivity index (χ1v) is 6.46. The zero-order chi connectivity index (χ0) is 13.2. The number of ether oxygens (including phenoxy) is 1. The molecule has 0 aliphatic heterocycles. The first kappa shape index (κ1) is 12.1. The van der Waals surface area contributed by atoms with Crippen molar-refractivity contribution < 1.29 is 9.15 Å². The summed E-state index contributed by atoms with van der Waals surface area (Å²) in [5.74, 6) is 1.64. The van der Waals surface area contributed by atoms with Crippen LogP contribution in [-0.4, -0.2) is 0 Å². The molecule has 0 saturated carbocycles. The molecule has 3 heteroatoms. The Morgan fingerprint density at radius 2 is 2.00 bits per heavy atom. The van der Waals surface area contributed by atoms with Gasteiger partial charge in [0.25, 0.3) is 0 Å². The Morgan fingerprint density at radius 3 is 2.84 bits per heavy atom. The van der Waals surface area contributed by atoms with Crippen LogP contribution in [0.3, 0.4) is 0 Å². The van der Waals surface area contributed by atoms with E-state index >= 15 is 0 Å². The Kier molecular flexibility index (Phi) is 3.18. The standard InChI is InChI=1S/C16H13ClO2/c1-11-3-2-4-14(7-11)18-10-15-9-12-8-13(17)5-6-16(12)19-15/h2-9H,10H2,1H3. The Hall–Kier alpha value is -1.93. The van der Waals surface area contributed by atoms with Crippen LogP contribution in [-0.2, 0) is 6.61 Å². The minimum atomic E-state index is 0.412. The molecule has 0 radical (unpaired) electrons. The van der Waals surface area contributed by atoms with Crippen LogP contribution in [0.25, 0.3) is 11.0 Å². The molecule has 19 heavy (non-hydrogen) atoms. The molecule has 0 atom stereocenters. The van der Waals surface area contributed by atoms with Gasteiger partial charge in [0.05, 0.1) is 0 Å². The number of hydrogen-bond acceptors (Lipinski definition) is 2. The maximum absolute atomic E-state index is 5.95. The van der Waals surface area contributed by atoms with Gasteiger partial charge in [0.2, 0.25) is 0 Å². The number of furan rings is 1. The van der Waals surface area contributed by atoms with E-state index in [9.17, 15) is 0 Å². The summed E-state index contributed by atoms with van der Waals surface area (Å²) in [4.78, 5) is 0. The van der Waals surface area contributed by atoms with E-state index in [4.69, 9.17) is 20.8 Å². The molecule has 0 fully saturated rings. The number of aryl methyl sites for hydroxylation is 1. The maximum Gasteiger partial charge on any atom is 0.146 e. The van der Waals surface area contributed by atoms with E-state index in [1.165, 1.54) is 5.56 Å². The lowest BCUT2D eigenvalue weighted by Crippen LogP contribution is -1.93. The third-order valence-electron chi connectivity index (χ3n) is 2.90. The molecular weight excluding hydrogens is 260 g/mol. The molecule has 1 heterocycles. The smallest absolute Gasteiger partial charge is 0.146 e. The van der Waals surface area contributed by atoms with Gasteiger partial charge in [-0.3, -0.25) is 0 Å². The highest BCUT2D eigenvalue weighted by Gasteiger charge is 2.05. The lowest BCUT2D eigenvalue weighted by molar-refractivity contribution is 0.274. The minimum absolute atomic E-state index is 0.412. The monoisotopic (exact) mass is 272 g/mol. The number of hydrogen-bond donors (Lipinski definition) is 0.